The third-order valence-electron chi connectivity index (χ3n) is 4.29. The van der Waals surface area contributed by atoms with Crippen LogP contribution in [0.4, 0.5) is 0 Å². The summed E-state index contributed by atoms with van der Waals surface area (Å²) < 4.78 is 12.1. The van der Waals surface area contributed by atoms with E-state index in [4.69, 9.17) is 9.31 Å². The molecule has 1 fully saturated rings. The van der Waals surface area contributed by atoms with E-state index in [-0.39, 0.29) is 11.2 Å². The van der Waals surface area contributed by atoms with Gasteiger partial charge in [0.15, 0.2) is 5.82 Å². The first-order valence-corrected chi connectivity index (χ1v) is 7.40. The summed E-state index contributed by atoms with van der Waals surface area (Å²) in [6.45, 7) is 10.1. The fraction of sp³-hybridized carbons (Fsp3) is 0.438. The maximum Gasteiger partial charge on any atom is 0.514 e. The lowest BCUT2D eigenvalue weighted by Gasteiger charge is -2.32. The molecule has 0 bridgehead atoms. The highest BCUT2D eigenvalue weighted by Crippen LogP contribution is 2.36. The van der Waals surface area contributed by atoms with Gasteiger partial charge in [-0.2, -0.15) is 0 Å². The molecule has 6 heteroatoms. The van der Waals surface area contributed by atoms with Crippen molar-refractivity contribution in [3.8, 4) is 11.4 Å². The summed E-state index contributed by atoms with van der Waals surface area (Å²) in [5, 5.41) is 0. The van der Waals surface area contributed by atoms with Crippen LogP contribution < -0.4 is 5.59 Å². The highest BCUT2D eigenvalue weighted by Gasteiger charge is 2.52. The van der Waals surface area contributed by atoms with Crippen LogP contribution in [-0.2, 0) is 9.31 Å². The molecule has 1 saturated heterocycles. The van der Waals surface area contributed by atoms with Gasteiger partial charge < -0.3 is 9.31 Å². The van der Waals surface area contributed by atoms with Crippen LogP contribution in [0.5, 0.6) is 0 Å². The zero-order chi connectivity index (χ0) is 16.0. The van der Waals surface area contributed by atoms with Gasteiger partial charge in [-0.25, -0.2) is 9.97 Å². The fourth-order valence-corrected chi connectivity index (χ4v) is 2.30. The average Bonchev–Trinajstić information content (AvgIpc) is 2.68. The molecule has 0 atom stereocenters. The van der Waals surface area contributed by atoms with Gasteiger partial charge in [0.25, 0.3) is 0 Å². The van der Waals surface area contributed by atoms with Crippen molar-refractivity contribution < 1.29 is 9.31 Å². The predicted octanol–water partition coefficient (Wildman–Crippen LogP) is 2.15. The lowest BCUT2D eigenvalue weighted by atomic mass is 9.84. The van der Waals surface area contributed by atoms with Gasteiger partial charge in [-0.1, -0.05) is 0 Å². The lowest BCUT2D eigenvalue weighted by Crippen LogP contribution is -2.41. The molecule has 0 N–H and O–H groups in total. The van der Waals surface area contributed by atoms with Crippen LogP contribution in [0.3, 0.4) is 0 Å². The standard InChI is InChI=1S/C16H20BN3O2/c1-11-9-13(17-21-15(2,3)16(4,5)22-17)20-14(19-11)12-7-6-8-18-10-12/h6-10H,1-5H3. The fourth-order valence-electron chi connectivity index (χ4n) is 2.30. The van der Waals surface area contributed by atoms with Crippen molar-refractivity contribution in [2.24, 2.45) is 0 Å². The number of rotatable bonds is 2. The second-order valence-corrected chi connectivity index (χ2v) is 6.59. The Hall–Kier alpha value is -1.79. The Labute approximate surface area is 131 Å². The molecule has 0 amide bonds. The largest absolute Gasteiger partial charge is 0.514 e. The monoisotopic (exact) mass is 297 g/mol. The average molecular weight is 297 g/mol. The summed E-state index contributed by atoms with van der Waals surface area (Å²) in [7, 11) is -0.484. The van der Waals surface area contributed by atoms with E-state index in [1.54, 1.807) is 12.4 Å². The Bertz CT molecular complexity index is 673. The van der Waals surface area contributed by atoms with Crippen molar-refractivity contribution in [1.29, 1.82) is 0 Å². The third kappa shape index (κ3) is 2.64. The van der Waals surface area contributed by atoms with Crippen molar-refractivity contribution in [3.05, 3.63) is 36.3 Å². The van der Waals surface area contributed by atoms with E-state index in [0.29, 0.717) is 5.82 Å². The first-order chi connectivity index (χ1) is 10.3. The third-order valence-corrected chi connectivity index (χ3v) is 4.29. The van der Waals surface area contributed by atoms with E-state index in [2.05, 4.69) is 15.0 Å². The SMILES string of the molecule is Cc1cc(B2OC(C)(C)C(C)(C)O2)nc(-c2cccnc2)n1. The summed E-state index contributed by atoms with van der Waals surface area (Å²) in [6.07, 6.45) is 3.48. The number of aryl methyl sites for hydroxylation is 1. The van der Waals surface area contributed by atoms with Crippen LogP contribution in [0.25, 0.3) is 11.4 Å². The molecule has 5 nitrogen and oxygen atoms in total. The van der Waals surface area contributed by atoms with E-state index < -0.39 is 7.12 Å². The topological polar surface area (TPSA) is 57.1 Å². The highest BCUT2D eigenvalue weighted by molar-refractivity contribution is 6.61. The van der Waals surface area contributed by atoms with Crippen molar-refractivity contribution in [3.63, 3.8) is 0 Å². The molecule has 3 heterocycles. The number of hydrogen-bond acceptors (Lipinski definition) is 5. The molecule has 22 heavy (non-hydrogen) atoms. The molecule has 3 rings (SSSR count). The van der Waals surface area contributed by atoms with E-state index in [0.717, 1.165) is 16.9 Å². The molecule has 2 aromatic heterocycles. The normalized spacial score (nSPS) is 19.4. The summed E-state index contributed by atoms with van der Waals surface area (Å²) in [6, 6.07) is 5.72. The second kappa shape index (κ2) is 5.14. The second-order valence-electron chi connectivity index (χ2n) is 6.59. The molecule has 1 aliphatic rings. The molecule has 2 aromatic rings. The first kappa shape index (κ1) is 15.1. The maximum absolute atomic E-state index is 6.07. The summed E-state index contributed by atoms with van der Waals surface area (Å²) >= 11 is 0. The molecule has 0 radical (unpaired) electrons. The Morgan fingerprint density at radius 2 is 1.73 bits per heavy atom. The maximum atomic E-state index is 6.07. The Balaban J connectivity index is 1.98. The van der Waals surface area contributed by atoms with Crippen molar-refractivity contribution in [2.45, 2.75) is 45.8 Å². The number of pyridine rings is 1. The minimum Gasteiger partial charge on any atom is -0.398 e. The van der Waals surface area contributed by atoms with Crippen molar-refractivity contribution >= 4 is 12.7 Å². The number of hydrogen-bond donors (Lipinski definition) is 0. The van der Waals surface area contributed by atoms with Crippen LogP contribution in [0.15, 0.2) is 30.6 Å². The van der Waals surface area contributed by atoms with Gasteiger partial charge in [-0.15, -0.1) is 0 Å². The lowest BCUT2D eigenvalue weighted by molar-refractivity contribution is 0.00578. The zero-order valence-corrected chi connectivity index (χ0v) is 13.6. The molecule has 0 unspecified atom stereocenters. The van der Waals surface area contributed by atoms with Crippen LogP contribution in [0, 0.1) is 6.92 Å². The van der Waals surface area contributed by atoms with Gasteiger partial charge in [0.2, 0.25) is 0 Å². The van der Waals surface area contributed by atoms with Crippen LogP contribution in [0.2, 0.25) is 0 Å². The van der Waals surface area contributed by atoms with Gasteiger partial charge in [0, 0.05) is 23.7 Å². The Morgan fingerprint density at radius 1 is 1.05 bits per heavy atom. The molecular weight excluding hydrogens is 277 g/mol. The molecule has 0 spiro atoms. The van der Waals surface area contributed by atoms with E-state index in [9.17, 15) is 0 Å². The summed E-state index contributed by atoms with van der Waals surface area (Å²) in [5.41, 5.74) is 1.73. The molecule has 114 valence electrons. The summed E-state index contributed by atoms with van der Waals surface area (Å²) in [5.74, 6) is 0.637. The van der Waals surface area contributed by atoms with Gasteiger partial charge in [-0.3, -0.25) is 4.98 Å². The van der Waals surface area contributed by atoms with Gasteiger partial charge >= 0.3 is 7.12 Å². The molecule has 0 aliphatic carbocycles. The summed E-state index contributed by atoms with van der Waals surface area (Å²) in [4.78, 5) is 13.2. The first-order valence-electron chi connectivity index (χ1n) is 7.40. The molecule has 1 aliphatic heterocycles. The van der Waals surface area contributed by atoms with Crippen molar-refractivity contribution in [1.82, 2.24) is 15.0 Å². The number of aromatic nitrogens is 3. The van der Waals surface area contributed by atoms with E-state index in [1.807, 2.05) is 52.8 Å². The molecule has 0 saturated carbocycles. The molecular formula is C16H20BN3O2. The minimum absolute atomic E-state index is 0.384. The van der Waals surface area contributed by atoms with Gasteiger partial charge in [0.1, 0.15) is 0 Å². The van der Waals surface area contributed by atoms with Crippen LogP contribution >= 0.6 is 0 Å². The number of nitrogens with zero attached hydrogens (tertiary/aromatic N) is 3. The van der Waals surface area contributed by atoms with E-state index >= 15 is 0 Å². The molecule has 0 aromatic carbocycles. The Kier molecular flexibility index (Phi) is 3.53. The van der Waals surface area contributed by atoms with Crippen LogP contribution in [0.1, 0.15) is 33.4 Å². The van der Waals surface area contributed by atoms with Gasteiger partial charge in [0.05, 0.1) is 16.8 Å². The quantitative estimate of drug-likeness (QED) is 0.795. The van der Waals surface area contributed by atoms with Gasteiger partial charge in [-0.05, 0) is 52.8 Å². The Morgan fingerprint density at radius 3 is 2.32 bits per heavy atom. The smallest absolute Gasteiger partial charge is 0.398 e. The minimum atomic E-state index is -0.484. The highest BCUT2D eigenvalue weighted by atomic mass is 16.7. The van der Waals surface area contributed by atoms with Crippen LogP contribution in [-0.4, -0.2) is 33.3 Å². The van der Waals surface area contributed by atoms with E-state index in [1.165, 1.54) is 0 Å². The zero-order valence-electron chi connectivity index (χ0n) is 13.6. The predicted molar refractivity (Wildman–Crippen MR) is 85.7 cm³/mol. The van der Waals surface area contributed by atoms with Crippen molar-refractivity contribution in [2.75, 3.05) is 0 Å².